The highest BCUT2D eigenvalue weighted by molar-refractivity contribution is 7.89. The number of carbonyl (C=O) groups is 1. The first-order chi connectivity index (χ1) is 17.7. The highest BCUT2D eigenvalue weighted by atomic mass is 35.5. The number of sulfonamides is 1. The van der Waals surface area contributed by atoms with E-state index in [1.54, 1.807) is 19.2 Å². The van der Waals surface area contributed by atoms with Crippen LogP contribution < -0.4 is 15.8 Å². The summed E-state index contributed by atoms with van der Waals surface area (Å²) in [6, 6.07) is 14.5. The number of methoxy groups -OCH3 is 1. The van der Waals surface area contributed by atoms with Crippen LogP contribution in [0.1, 0.15) is 44.2 Å². The highest BCUT2D eigenvalue weighted by Crippen LogP contribution is 2.15. The molecule has 0 aromatic heterocycles. The van der Waals surface area contributed by atoms with E-state index in [4.69, 9.17) is 26.8 Å². The van der Waals surface area contributed by atoms with Crippen molar-refractivity contribution < 1.29 is 22.7 Å². The standard InChI is InChI=1S/C27H40ClN3O5S/c1-4-14-31(15-5-2)37(33,34)16-13-27(32)36-26(25(29)18-21-9-11-23(28)12-10-21)20-30-19-22-7-6-8-24(17-22)35-3/h6-12,17,25-26,30H,4-5,13-16,18-20,29H2,1-3H3. The molecule has 0 amide bonds. The van der Waals surface area contributed by atoms with E-state index in [1.807, 2.05) is 50.2 Å². The first-order valence-electron chi connectivity index (χ1n) is 12.7. The van der Waals surface area contributed by atoms with Gasteiger partial charge in [-0.2, -0.15) is 0 Å². The summed E-state index contributed by atoms with van der Waals surface area (Å²) in [6.45, 7) is 5.57. The van der Waals surface area contributed by atoms with Crippen molar-refractivity contribution in [3.8, 4) is 5.75 Å². The maximum atomic E-state index is 12.7. The van der Waals surface area contributed by atoms with Gasteiger partial charge in [-0.25, -0.2) is 12.7 Å². The van der Waals surface area contributed by atoms with Crippen LogP contribution in [0.4, 0.5) is 0 Å². The third-order valence-corrected chi connectivity index (χ3v) is 7.98. The molecule has 2 atom stereocenters. The summed E-state index contributed by atoms with van der Waals surface area (Å²) >= 11 is 5.99. The van der Waals surface area contributed by atoms with Crippen molar-refractivity contribution in [2.24, 2.45) is 5.73 Å². The number of esters is 1. The molecule has 2 aromatic carbocycles. The number of ether oxygens (including phenoxy) is 2. The number of nitrogens with one attached hydrogen (secondary N) is 1. The van der Waals surface area contributed by atoms with Crippen molar-refractivity contribution in [1.82, 2.24) is 9.62 Å². The molecule has 10 heteroatoms. The number of rotatable bonds is 17. The lowest BCUT2D eigenvalue weighted by Gasteiger charge is -2.25. The van der Waals surface area contributed by atoms with E-state index < -0.39 is 28.1 Å². The topological polar surface area (TPSA) is 111 Å². The molecule has 0 aliphatic heterocycles. The zero-order valence-corrected chi connectivity index (χ0v) is 23.6. The Kier molecular flexibility index (Phi) is 13.4. The van der Waals surface area contributed by atoms with Crippen LogP contribution in [0.15, 0.2) is 48.5 Å². The molecule has 0 heterocycles. The molecule has 0 saturated carbocycles. The maximum Gasteiger partial charge on any atom is 0.307 e. The fourth-order valence-electron chi connectivity index (χ4n) is 3.90. The van der Waals surface area contributed by atoms with Gasteiger partial charge in [0.15, 0.2) is 0 Å². The molecule has 0 fully saturated rings. The Morgan fingerprint density at radius 3 is 2.38 bits per heavy atom. The molecule has 0 bridgehead atoms. The second kappa shape index (κ2) is 15.9. The van der Waals surface area contributed by atoms with E-state index in [9.17, 15) is 13.2 Å². The lowest BCUT2D eigenvalue weighted by atomic mass is 10.0. The summed E-state index contributed by atoms with van der Waals surface area (Å²) in [4.78, 5) is 12.7. The summed E-state index contributed by atoms with van der Waals surface area (Å²) in [5, 5.41) is 3.92. The van der Waals surface area contributed by atoms with Crippen molar-refractivity contribution in [2.45, 2.75) is 58.2 Å². The van der Waals surface area contributed by atoms with Crippen molar-refractivity contribution in [1.29, 1.82) is 0 Å². The molecule has 2 unspecified atom stereocenters. The van der Waals surface area contributed by atoms with Crippen LogP contribution in [0, 0.1) is 0 Å². The Morgan fingerprint density at radius 2 is 1.76 bits per heavy atom. The number of carbonyl (C=O) groups excluding carboxylic acids is 1. The summed E-state index contributed by atoms with van der Waals surface area (Å²) in [5.74, 6) is -0.123. The van der Waals surface area contributed by atoms with Crippen molar-refractivity contribution in [3.63, 3.8) is 0 Å². The maximum absolute atomic E-state index is 12.7. The predicted molar refractivity (Wildman–Crippen MR) is 148 cm³/mol. The number of hydrogen-bond donors (Lipinski definition) is 2. The fraction of sp³-hybridized carbons (Fsp3) is 0.519. The molecule has 206 valence electrons. The predicted octanol–water partition coefficient (Wildman–Crippen LogP) is 3.76. The average molecular weight is 554 g/mol. The van der Waals surface area contributed by atoms with Gasteiger partial charge in [0.25, 0.3) is 0 Å². The van der Waals surface area contributed by atoms with Gasteiger partial charge in [0, 0.05) is 37.2 Å². The molecule has 3 N–H and O–H groups in total. The summed E-state index contributed by atoms with van der Waals surface area (Å²) in [6.07, 6.45) is 1.01. The molecule has 0 aliphatic carbocycles. The molecule has 37 heavy (non-hydrogen) atoms. The third kappa shape index (κ3) is 11.0. The Bertz CT molecular complexity index is 1060. The molecule has 0 saturated heterocycles. The van der Waals surface area contributed by atoms with Crippen LogP contribution in [0.3, 0.4) is 0 Å². The first kappa shape index (κ1) is 31.1. The number of hydrogen-bond acceptors (Lipinski definition) is 7. The van der Waals surface area contributed by atoms with E-state index in [0.29, 0.717) is 50.5 Å². The quantitative estimate of drug-likeness (QED) is 0.287. The van der Waals surface area contributed by atoms with Crippen LogP contribution in [-0.4, -0.2) is 63.3 Å². The Hall–Kier alpha value is -2.17. The number of halogens is 1. The zero-order valence-electron chi connectivity index (χ0n) is 22.0. The van der Waals surface area contributed by atoms with Gasteiger partial charge >= 0.3 is 5.97 Å². The average Bonchev–Trinajstić information content (AvgIpc) is 2.88. The Balaban J connectivity index is 2.03. The number of benzene rings is 2. The van der Waals surface area contributed by atoms with Crippen LogP contribution >= 0.6 is 11.6 Å². The summed E-state index contributed by atoms with van der Waals surface area (Å²) in [5.41, 5.74) is 8.44. The fourth-order valence-corrected chi connectivity index (χ4v) is 5.63. The molecule has 8 nitrogen and oxygen atoms in total. The first-order valence-corrected chi connectivity index (χ1v) is 14.7. The summed E-state index contributed by atoms with van der Waals surface area (Å²) < 4.78 is 37.9. The van der Waals surface area contributed by atoms with Gasteiger partial charge < -0.3 is 20.5 Å². The normalized spacial score (nSPS) is 13.4. The molecule has 2 rings (SSSR count). The lowest BCUT2D eigenvalue weighted by Crippen LogP contribution is -2.46. The molecular weight excluding hydrogens is 514 g/mol. The second-order valence-corrected chi connectivity index (χ2v) is 11.5. The van der Waals surface area contributed by atoms with Gasteiger partial charge in [-0.1, -0.05) is 49.7 Å². The van der Waals surface area contributed by atoms with Crippen LogP contribution in [0.25, 0.3) is 0 Å². The van der Waals surface area contributed by atoms with Crippen LogP contribution in [0.5, 0.6) is 5.75 Å². The number of nitrogens with two attached hydrogens (primary N) is 1. The van der Waals surface area contributed by atoms with Crippen LogP contribution in [-0.2, 0) is 32.5 Å². The van der Waals surface area contributed by atoms with E-state index in [2.05, 4.69) is 5.32 Å². The van der Waals surface area contributed by atoms with Gasteiger partial charge in [0.05, 0.1) is 19.3 Å². The Morgan fingerprint density at radius 1 is 1.08 bits per heavy atom. The smallest absolute Gasteiger partial charge is 0.307 e. The molecule has 0 radical (unpaired) electrons. The van der Waals surface area contributed by atoms with Gasteiger partial charge in [0.2, 0.25) is 10.0 Å². The molecule has 0 spiro atoms. The zero-order chi connectivity index (χ0) is 27.3. The van der Waals surface area contributed by atoms with Crippen molar-refractivity contribution in [3.05, 3.63) is 64.7 Å². The molecular formula is C27H40ClN3O5S. The van der Waals surface area contributed by atoms with Crippen molar-refractivity contribution >= 4 is 27.6 Å². The highest BCUT2D eigenvalue weighted by Gasteiger charge is 2.26. The van der Waals surface area contributed by atoms with E-state index in [1.165, 1.54) is 4.31 Å². The van der Waals surface area contributed by atoms with Gasteiger partial charge in [-0.05, 0) is 54.7 Å². The Labute approximate surface area is 226 Å². The minimum atomic E-state index is -3.55. The van der Waals surface area contributed by atoms with Gasteiger partial charge in [-0.3, -0.25) is 4.79 Å². The molecule has 0 aliphatic rings. The lowest BCUT2D eigenvalue weighted by molar-refractivity contribution is -0.149. The second-order valence-electron chi connectivity index (χ2n) is 8.97. The largest absolute Gasteiger partial charge is 0.497 e. The SMILES string of the molecule is CCCN(CCC)S(=O)(=O)CCC(=O)OC(CNCc1cccc(OC)c1)C(N)Cc1ccc(Cl)cc1. The summed E-state index contributed by atoms with van der Waals surface area (Å²) in [7, 11) is -1.94. The minimum Gasteiger partial charge on any atom is -0.497 e. The van der Waals surface area contributed by atoms with E-state index in [-0.39, 0.29) is 12.2 Å². The molecule has 2 aromatic rings. The minimum absolute atomic E-state index is 0.230. The van der Waals surface area contributed by atoms with Gasteiger partial charge in [0.1, 0.15) is 11.9 Å². The monoisotopic (exact) mass is 553 g/mol. The van der Waals surface area contributed by atoms with E-state index >= 15 is 0 Å². The van der Waals surface area contributed by atoms with Crippen LogP contribution in [0.2, 0.25) is 5.02 Å². The number of nitrogens with zero attached hydrogens (tertiary/aromatic N) is 1. The van der Waals surface area contributed by atoms with Gasteiger partial charge in [-0.15, -0.1) is 0 Å². The van der Waals surface area contributed by atoms with Crippen molar-refractivity contribution in [2.75, 3.05) is 32.5 Å². The van der Waals surface area contributed by atoms with E-state index in [0.717, 1.165) is 16.9 Å². The third-order valence-electron chi connectivity index (χ3n) is 5.86.